The van der Waals surface area contributed by atoms with Gasteiger partial charge in [-0.2, -0.15) is 0 Å². The number of thioether (sulfide) groups is 1. The highest BCUT2D eigenvalue weighted by Crippen LogP contribution is 2.34. The van der Waals surface area contributed by atoms with Gasteiger partial charge in [0.05, 0.1) is 28.3 Å². The molecule has 0 N–H and O–H groups in total. The van der Waals surface area contributed by atoms with Gasteiger partial charge in [0.1, 0.15) is 0 Å². The van der Waals surface area contributed by atoms with Gasteiger partial charge in [-0.15, -0.1) is 24.2 Å². The number of nitrogens with zero attached hydrogens (tertiary/aromatic N) is 4. The number of rotatable bonds is 11. The molecule has 208 valence electrons. The quantitative estimate of drug-likeness (QED) is 0.292. The second-order valence-electron chi connectivity index (χ2n) is 8.92. The van der Waals surface area contributed by atoms with Crippen LogP contribution in [0.15, 0.2) is 52.3 Å². The van der Waals surface area contributed by atoms with Crippen molar-refractivity contribution < 1.29 is 17.9 Å². The molecule has 8 nitrogen and oxygen atoms in total. The van der Waals surface area contributed by atoms with Crippen molar-refractivity contribution in [3.63, 3.8) is 0 Å². The summed E-state index contributed by atoms with van der Waals surface area (Å²) in [5.41, 5.74) is 1.33. The number of hydrogen-bond donors (Lipinski definition) is 0. The molecule has 0 unspecified atom stereocenters. The van der Waals surface area contributed by atoms with Gasteiger partial charge in [0.2, 0.25) is 10.0 Å². The van der Waals surface area contributed by atoms with E-state index in [0.29, 0.717) is 43.5 Å². The third-order valence-corrected chi connectivity index (χ3v) is 10.1. The van der Waals surface area contributed by atoms with Crippen LogP contribution in [-0.2, 0) is 14.8 Å². The number of para-hydroxylation sites is 1. The maximum atomic E-state index is 13.8. The largest absolute Gasteiger partial charge is 0.379 e. The van der Waals surface area contributed by atoms with E-state index in [4.69, 9.17) is 9.72 Å². The molecule has 1 fully saturated rings. The molecule has 12 heteroatoms. The van der Waals surface area contributed by atoms with Gasteiger partial charge in [0.25, 0.3) is 5.91 Å². The predicted octanol–water partition coefficient (Wildman–Crippen LogP) is 4.84. The third kappa shape index (κ3) is 7.07. The number of anilines is 1. The molecule has 1 aromatic heterocycles. The summed E-state index contributed by atoms with van der Waals surface area (Å²) in [6.07, 6.45) is 3.73. The lowest BCUT2D eigenvalue weighted by Crippen LogP contribution is -2.43. The molecule has 0 spiro atoms. The summed E-state index contributed by atoms with van der Waals surface area (Å²) in [6, 6.07) is 12.3. The van der Waals surface area contributed by atoms with Crippen LogP contribution in [0.1, 0.15) is 30.1 Å². The Morgan fingerprint density at radius 3 is 2.50 bits per heavy atom. The fourth-order valence-electron chi connectivity index (χ4n) is 4.15. The lowest BCUT2D eigenvalue weighted by Gasteiger charge is -2.29. The number of carbonyl (C=O) groups excluding carboxylic acids is 1. The summed E-state index contributed by atoms with van der Waals surface area (Å²) in [6.45, 7) is 6.71. The molecule has 4 rings (SSSR count). The van der Waals surface area contributed by atoms with Gasteiger partial charge in [0, 0.05) is 50.2 Å². The minimum Gasteiger partial charge on any atom is -0.379 e. The van der Waals surface area contributed by atoms with Crippen molar-refractivity contribution in [3.8, 4) is 0 Å². The van der Waals surface area contributed by atoms with E-state index in [9.17, 15) is 13.2 Å². The van der Waals surface area contributed by atoms with Crippen molar-refractivity contribution in [2.75, 3.05) is 64.1 Å². The average molecular weight is 599 g/mol. The van der Waals surface area contributed by atoms with E-state index >= 15 is 0 Å². The van der Waals surface area contributed by atoms with Crippen LogP contribution in [0.25, 0.3) is 10.2 Å². The zero-order valence-corrected chi connectivity index (χ0v) is 25.2. The minimum absolute atomic E-state index is 0. The fourth-order valence-corrected chi connectivity index (χ4v) is 7.00. The Kier molecular flexibility index (Phi) is 11.4. The fraction of sp³-hybridized carbons (Fsp3) is 0.462. The highest BCUT2D eigenvalue weighted by Gasteiger charge is 2.25. The lowest BCUT2D eigenvalue weighted by atomic mass is 10.2. The van der Waals surface area contributed by atoms with Crippen molar-refractivity contribution in [1.29, 1.82) is 0 Å². The van der Waals surface area contributed by atoms with Crippen molar-refractivity contribution in [1.82, 2.24) is 14.2 Å². The third-order valence-electron chi connectivity index (χ3n) is 6.45. The molecular formula is C26H35ClN4O4S3. The zero-order chi connectivity index (χ0) is 26.4. The van der Waals surface area contributed by atoms with Crippen molar-refractivity contribution in [2.24, 2.45) is 0 Å². The Bertz CT molecular complexity index is 1310. The number of fused-ring (bicyclic) bond motifs is 1. The van der Waals surface area contributed by atoms with Crippen LogP contribution in [0.5, 0.6) is 0 Å². The summed E-state index contributed by atoms with van der Waals surface area (Å²) >= 11 is 3.13. The first kappa shape index (κ1) is 30.8. The summed E-state index contributed by atoms with van der Waals surface area (Å²) in [5, 5.41) is 0.644. The minimum atomic E-state index is -3.60. The van der Waals surface area contributed by atoms with Gasteiger partial charge < -0.3 is 4.74 Å². The number of sulfonamides is 1. The highest BCUT2D eigenvalue weighted by molar-refractivity contribution is 7.98. The lowest BCUT2D eigenvalue weighted by molar-refractivity contribution is 0.0391. The molecule has 2 heterocycles. The van der Waals surface area contributed by atoms with Crippen molar-refractivity contribution >= 4 is 66.8 Å². The maximum Gasteiger partial charge on any atom is 0.260 e. The number of unbranched alkanes of at least 4 members (excludes halogenated alkanes) is 1. The van der Waals surface area contributed by atoms with Gasteiger partial charge in [-0.1, -0.05) is 30.7 Å². The Hall–Kier alpha value is -1.73. The SMILES string of the molecule is CCCCN(C)S(=O)(=O)c1ccc(C(=O)N(CCN2CCOCC2)c2nc3c(SC)cccc3s2)cc1.Cl. The normalized spacial score (nSPS) is 14.5. The van der Waals surface area contributed by atoms with E-state index in [1.807, 2.05) is 31.4 Å². The van der Waals surface area contributed by atoms with Crippen LogP contribution < -0.4 is 4.90 Å². The van der Waals surface area contributed by atoms with Crippen LogP contribution >= 0.6 is 35.5 Å². The van der Waals surface area contributed by atoms with Crippen molar-refractivity contribution in [3.05, 3.63) is 48.0 Å². The molecule has 38 heavy (non-hydrogen) atoms. The molecule has 2 aromatic carbocycles. The zero-order valence-electron chi connectivity index (χ0n) is 22.0. The Morgan fingerprint density at radius 2 is 1.84 bits per heavy atom. The molecule has 1 amide bonds. The van der Waals surface area contributed by atoms with Gasteiger partial charge in [-0.3, -0.25) is 14.6 Å². The summed E-state index contributed by atoms with van der Waals surface area (Å²) in [4.78, 5) is 23.9. The van der Waals surface area contributed by atoms with Gasteiger partial charge in [0.15, 0.2) is 5.13 Å². The molecule has 0 atom stereocenters. The van der Waals surface area contributed by atoms with Crippen LogP contribution in [0.4, 0.5) is 5.13 Å². The second kappa shape index (κ2) is 14.1. The number of ether oxygens (including phenoxy) is 1. The number of thiazole rings is 1. The van der Waals surface area contributed by atoms with E-state index in [0.717, 1.165) is 41.0 Å². The molecular weight excluding hydrogens is 564 g/mol. The first-order chi connectivity index (χ1) is 17.8. The number of morpholine rings is 1. The molecule has 0 radical (unpaired) electrons. The van der Waals surface area contributed by atoms with Crippen LogP contribution in [0.3, 0.4) is 0 Å². The topological polar surface area (TPSA) is 83.1 Å². The molecule has 1 saturated heterocycles. The van der Waals surface area contributed by atoms with E-state index in [2.05, 4.69) is 4.90 Å². The predicted molar refractivity (Wildman–Crippen MR) is 159 cm³/mol. The molecule has 0 saturated carbocycles. The van der Waals surface area contributed by atoms with Gasteiger partial charge in [-0.25, -0.2) is 17.7 Å². The van der Waals surface area contributed by atoms with E-state index in [1.54, 1.807) is 35.8 Å². The van der Waals surface area contributed by atoms with E-state index in [-0.39, 0.29) is 23.2 Å². The number of carbonyl (C=O) groups is 1. The first-order valence-electron chi connectivity index (χ1n) is 12.5. The van der Waals surface area contributed by atoms with E-state index < -0.39 is 10.0 Å². The monoisotopic (exact) mass is 598 g/mol. The molecule has 0 bridgehead atoms. The van der Waals surface area contributed by atoms with E-state index in [1.165, 1.54) is 27.8 Å². The number of hydrogen-bond acceptors (Lipinski definition) is 8. The molecule has 0 aliphatic carbocycles. The van der Waals surface area contributed by atoms with Gasteiger partial charge in [-0.05, 0) is 49.1 Å². The number of amides is 1. The first-order valence-corrected chi connectivity index (χ1v) is 15.9. The second-order valence-corrected chi connectivity index (χ2v) is 12.8. The maximum absolute atomic E-state index is 13.8. The number of benzene rings is 2. The Morgan fingerprint density at radius 1 is 1.13 bits per heavy atom. The van der Waals surface area contributed by atoms with Gasteiger partial charge >= 0.3 is 0 Å². The Labute approximate surface area is 239 Å². The van der Waals surface area contributed by atoms with Crippen molar-refractivity contribution in [2.45, 2.75) is 29.6 Å². The van der Waals surface area contributed by atoms with Crippen LogP contribution in [-0.4, -0.2) is 87.8 Å². The average Bonchev–Trinajstić information content (AvgIpc) is 3.36. The summed E-state index contributed by atoms with van der Waals surface area (Å²) < 4.78 is 33.7. The highest BCUT2D eigenvalue weighted by atomic mass is 35.5. The van der Waals surface area contributed by atoms with Crippen LogP contribution in [0.2, 0.25) is 0 Å². The number of halogens is 1. The standard InChI is InChI=1S/C26H34N4O4S3.ClH/c1-4-5-13-28(2)37(32,33)21-11-9-20(10-12-21)25(31)30(15-14-29-16-18-34-19-17-29)26-27-24-22(35-3)7-6-8-23(24)36-26;/h6-12H,4-5,13-19H2,1-3H3;1H. The summed E-state index contributed by atoms with van der Waals surface area (Å²) in [7, 11) is -2.01. The molecule has 3 aromatic rings. The number of aromatic nitrogens is 1. The smallest absolute Gasteiger partial charge is 0.260 e. The Balaban J connectivity index is 0.00000400. The van der Waals surface area contributed by atoms with Crippen LogP contribution in [0, 0.1) is 0 Å². The molecule has 1 aliphatic heterocycles. The molecule has 1 aliphatic rings. The summed E-state index contributed by atoms with van der Waals surface area (Å²) in [5.74, 6) is -0.193.